The number of carbonyl (C=O) groups excluding carboxylic acids is 1. The minimum Gasteiger partial charge on any atom is -0.348 e. The Morgan fingerprint density at radius 1 is 1.30 bits per heavy atom. The number of amides is 1. The first-order valence-corrected chi connectivity index (χ1v) is 10.9. The van der Waals surface area contributed by atoms with Crippen molar-refractivity contribution < 1.29 is 4.79 Å². The van der Waals surface area contributed by atoms with Gasteiger partial charge in [-0.25, -0.2) is 9.97 Å². The molecule has 0 atom stereocenters. The molecule has 1 aromatic carbocycles. The monoisotopic (exact) mass is 399 g/mol. The third-order valence-electron chi connectivity index (χ3n) is 4.48. The zero-order valence-electron chi connectivity index (χ0n) is 15.1. The maximum Gasteiger partial charge on any atom is 0.234 e. The highest BCUT2D eigenvalue weighted by Crippen LogP contribution is 2.34. The molecule has 0 saturated carbocycles. The summed E-state index contributed by atoms with van der Waals surface area (Å²) < 4.78 is 0.963. The molecule has 0 spiro atoms. The van der Waals surface area contributed by atoms with E-state index in [2.05, 4.69) is 38.2 Å². The molecule has 4 rings (SSSR count). The molecule has 140 valence electrons. The molecule has 0 unspecified atom stereocenters. The summed E-state index contributed by atoms with van der Waals surface area (Å²) in [6, 6.07) is 7.95. The second-order valence-electron chi connectivity index (χ2n) is 6.41. The van der Waals surface area contributed by atoms with E-state index >= 15 is 0 Å². The van der Waals surface area contributed by atoms with Gasteiger partial charge >= 0.3 is 0 Å². The van der Waals surface area contributed by atoms with E-state index in [1.54, 1.807) is 11.3 Å². The third kappa shape index (κ3) is 4.22. The van der Waals surface area contributed by atoms with Gasteiger partial charge in [0.1, 0.15) is 16.1 Å². The van der Waals surface area contributed by atoms with Crippen molar-refractivity contribution in [2.45, 2.75) is 31.2 Å². The van der Waals surface area contributed by atoms with E-state index in [0.717, 1.165) is 45.7 Å². The first kappa shape index (κ1) is 18.2. The summed E-state index contributed by atoms with van der Waals surface area (Å²) in [5, 5.41) is 4.79. The largest absolute Gasteiger partial charge is 0.348 e. The Kier molecular flexibility index (Phi) is 5.54. The van der Waals surface area contributed by atoms with Crippen LogP contribution < -0.4 is 10.2 Å². The Hall–Kier alpha value is -2.19. The Balaban J connectivity index is 1.44. The number of anilines is 2. The molecule has 3 aromatic rings. The summed E-state index contributed by atoms with van der Waals surface area (Å²) >= 11 is 3.05. The van der Waals surface area contributed by atoms with Crippen LogP contribution in [0.5, 0.6) is 0 Å². The fourth-order valence-electron chi connectivity index (χ4n) is 3.07. The zero-order chi connectivity index (χ0) is 18.6. The van der Waals surface area contributed by atoms with Gasteiger partial charge in [0.15, 0.2) is 10.8 Å². The van der Waals surface area contributed by atoms with Crippen LogP contribution >= 0.6 is 23.1 Å². The average molecular weight is 400 g/mol. The Morgan fingerprint density at radius 2 is 2.15 bits per heavy atom. The lowest BCUT2D eigenvalue weighted by Crippen LogP contribution is -2.16. The van der Waals surface area contributed by atoms with Gasteiger partial charge in [-0.3, -0.25) is 4.79 Å². The summed E-state index contributed by atoms with van der Waals surface area (Å²) in [4.78, 5) is 28.0. The molecule has 0 aliphatic carbocycles. The van der Waals surface area contributed by atoms with Crippen molar-refractivity contribution >= 4 is 50.2 Å². The first-order chi connectivity index (χ1) is 13.2. The molecule has 2 aromatic heterocycles. The van der Waals surface area contributed by atoms with Crippen molar-refractivity contribution in [1.82, 2.24) is 15.0 Å². The van der Waals surface area contributed by atoms with Crippen molar-refractivity contribution in [2.24, 2.45) is 0 Å². The van der Waals surface area contributed by atoms with Crippen molar-refractivity contribution in [1.29, 1.82) is 0 Å². The standard InChI is InChI=1S/C19H21N5OS2/c1-2-13-6-5-7-14(10-13)22-15(25)11-26-18-16-17(20-12-21-18)23-19(27-16)24-8-3-4-9-24/h5-7,10,12H,2-4,8-9,11H2,1H3,(H,22,25). The fraction of sp³-hybridized carbons (Fsp3) is 0.368. The lowest BCUT2D eigenvalue weighted by molar-refractivity contribution is -0.113. The number of nitrogens with one attached hydrogen (secondary N) is 1. The molecule has 8 heteroatoms. The fourth-order valence-corrected chi connectivity index (χ4v) is 5.01. The van der Waals surface area contributed by atoms with Crippen molar-refractivity contribution in [3.8, 4) is 0 Å². The van der Waals surface area contributed by atoms with Crippen LogP contribution in [0.15, 0.2) is 35.6 Å². The molecule has 3 heterocycles. The summed E-state index contributed by atoms with van der Waals surface area (Å²) in [5.74, 6) is 0.267. The summed E-state index contributed by atoms with van der Waals surface area (Å²) in [6.07, 6.45) is 4.90. The van der Waals surface area contributed by atoms with Crippen LogP contribution in [0.1, 0.15) is 25.3 Å². The molecule has 1 saturated heterocycles. The maximum absolute atomic E-state index is 12.3. The number of rotatable bonds is 6. The molecule has 1 fully saturated rings. The van der Waals surface area contributed by atoms with E-state index in [-0.39, 0.29) is 5.91 Å². The first-order valence-electron chi connectivity index (χ1n) is 9.11. The van der Waals surface area contributed by atoms with Gasteiger partial charge < -0.3 is 10.2 Å². The van der Waals surface area contributed by atoms with E-state index in [4.69, 9.17) is 0 Å². The molecular weight excluding hydrogens is 378 g/mol. The smallest absolute Gasteiger partial charge is 0.234 e. The molecule has 0 radical (unpaired) electrons. The van der Waals surface area contributed by atoms with Crippen LogP contribution in [0.2, 0.25) is 0 Å². The van der Waals surface area contributed by atoms with Crippen LogP contribution in [0.3, 0.4) is 0 Å². The Labute approximate surface area is 166 Å². The molecule has 27 heavy (non-hydrogen) atoms. The summed E-state index contributed by atoms with van der Waals surface area (Å²) in [6.45, 7) is 4.20. The van der Waals surface area contributed by atoms with Crippen molar-refractivity contribution in [3.63, 3.8) is 0 Å². The molecular formula is C19H21N5OS2. The highest BCUT2D eigenvalue weighted by Gasteiger charge is 2.19. The zero-order valence-corrected chi connectivity index (χ0v) is 16.8. The maximum atomic E-state index is 12.3. The topological polar surface area (TPSA) is 71.0 Å². The van der Waals surface area contributed by atoms with Gasteiger partial charge in [-0.1, -0.05) is 42.2 Å². The number of fused-ring (bicyclic) bond motifs is 1. The average Bonchev–Trinajstić information content (AvgIpc) is 3.36. The SMILES string of the molecule is CCc1cccc(NC(=O)CSc2ncnc3nc(N4CCCC4)sc23)c1. The molecule has 0 bridgehead atoms. The molecule has 6 nitrogen and oxygen atoms in total. The van der Waals surface area contributed by atoms with Gasteiger partial charge in [0.05, 0.1) is 5.75 Å². The normalized spacial score (nSPS) is 14.0. The molecule has 1 N–H and O–H groups in total. The number of thiazole rings is 1. The van der Waals surface area contributed by atoms with E-state index in [0.29, 0.717) is 5.75 Å². The van der Waals surface area contributed by atoms with Crippen molar-refractivity contribution in [2.75, 3.05) is 29.1 Å². The van der Waals surface area contributed by atoms with Crippen LogP contribution in [-0.4, -0.2) is 39.7 Å². The van der Waals surface area contributed by atoms with Gasteiger partial charge in [-0.2, -0.15) is 4.98 Å². The molecule has 1 amide bonds. The lowest BCUT2D eigenvalue weighted by atomic mass is 10.1. The number of carbonyl (C=O) groups is 1. The van der Waals surface area contributed by atoms with Crippen LogP contribution in [0, 0.1) is 0 Å². The van der Waals surface area contributed by atoms with Gasteiger partial charge in [-0.05, 0) is 37.0 Å². The number of benzene rings is 1. The number of thioether (sulfide) groups is 1. The predicted molar refractivity (Wildman–Crippen MR) is 112 cm³/mol. The highest BCUT2D eigenvalue weighted by atomic mass is 32.2. The molecule has 1 aliphatic rings. The van der Waals surface area contributed by atoms with Gasteiger partial charge in [0, 0.05) is 18.8 Å². The summed E-state index contributed by atoms with van der Waals surface area (Å²) in [5.41, 5.74) is 2.76. The second-order valence-corrected chi connectivity index (χ2v) is 8.35. The van der Waals surface area contributed by atoms with E-state index in [1.807, 2.05) is 18.2 Å². The number of aryl methyl sites for hydroxylation is 1. The van der Waals surface area contributed by atoms with Gasteiger partial charge in [0.2, 0.25) is 5.91 Å². The third-order valence-corrected chi connectivity index (χ3v) is 6.71. The second kappa shape index (κ2) is 8.22. The minimum atomic E-state index is -0.0377. The van der Waals surface area contributed by atoms with Crippen LogP contribution in [-0.2, 0) is 11.2 Å². The highest BCUT2D eigenvalue weighted by molar-refractivity contribution is 8.00. The van der Waals surface area contributed by atoms with E-state index < -0.39 is 0 Å². The van der Waals surface area contributed by atoms with Crippen LogP contribution in [0.25, 0.3) is 10.3 Å². The summed E-state index contributed by atoms with van der Waals surface area (Å²) in [7, 11) is 0. The molecule has 1 aliphatic heterocycles. The van der Waals surface area contributed by atoms with E-state index in [1.165, 1.54) is 36.5 Å². The Bertz CT molecular complexity index is 952. The lowest BCUT2D eigenvalue weighted by Gasteiger charge is -2.11. The van der Waals surface area contributed by atoms with Crippen molar-refractivity contribution in [3.05, 3.63) is 36.2 Å². The predicted octanol–water partition coefficient (Wildman–Crippen LogP) is 3.98. The van der Waals surface area contributed by atoms with Crippen LogP contribution in [0.4, 0.5) is 10.8 Å². The number of hydrogen-bond acceptors (Lipinski definition) is 7. The minimum absolute atomic E-state index is 0.0377. The van der Waals surface area contributed by atoms with Gasteiger partial charge in [0.25, 0.3) is 0 Å². The quantitative estimate of drug-likeness (QED) is 0.499. The Morgan fingerprint density at radius 3 is 2.96 bits per heavy atom. The number of aromatic nitrogens is 3. The number of hydrogen-bond donors (Lipinski definition) is 1. The number of nitrogens with zero attached hydrogens (tertiary/aromatic N) is 4. The van der Waals surface area contributed by atoms with Gasteiger partial charge in [-0.15, -0.1) is 0 Å². The van der Waals surface area contributed by atoms with E-state index in [9.17, 15) is 4.79 Å².